The molecule has 0 aromatic rings. The number of carbonyl (C=O) groups is 2. The summed E-state index contributed by atoms with van der Waals surface area (Å²) in [5.74, 6) is -1.85. The number of amides is 1. The number of carboxylic acid groups (broad SMARTS) is 1. The van der Waals surface area contributed by atoms with Crippen LogP contribution >= 0.6 is 0 Å². The summed E-state index contributed by atoms with van der Waals surface area (Å²) in [7, 11) is 0. The molecule has 0 spiro atoms. The molecule has 0 aliphatic carbocycles. The van der Waals surface area contributed by atoms with Gasteiger partial charge in [0.25, 0.3) is 0 Å². The molecular formula is C7H12N2O4. The molecule has 0 aliphatic rings. The molecule has 0 rings (SSSR count). The molecule has 1 atom stereocenters. The number of carbonyl (C=O) groups excluding carboxylic acids is 1. The second kappa shape index (κ2) is 6.15. The van der Waals surface area contributed by atoms with Crippen molar-refractivity contribution in [2.24, 2.45) is 5.73 Å². The zero-order valence-electron chi connectivity index (χ0n) is 6.93. The summed E-state index contributed by atoms with van der Waals surface area (Å²) < 4.78 is 0. The number of nitrogens with two attached hydrogens (primary N) is 1. The molecule has 6 nitrogen and oxygen atoms in total. The van der Waals surface area contributed by atoms with Crippen molar-refractivity contribution < 1.29 is 19.8 Å². The van der Waals surface area contributed by atoms with Gasteiger partial charge >= 0.3 is 5.97 Å². The van der Waals surface area contributed by atoms with E-state index in [2.05, 4.69) is 5.32 Å². The van der Waals surface area contributed by atoms with Gasteiger partial charge in [-0.05, 0) is 0 Å². The molecule has 0 bridgehead atoms. The van der Waals surface area contributed by atoms with Crippen LogP contribution in [0.15, 0.2) is 12.2 Å². The van der Waals surface area contributed by atoms with Crippen molar-refractivity contribution in [3.05, 3.63) is 12.2 Å². The van der Waals surface area contributed by atoms with Crippen LogP contribution in [0.5, 0.6) is 0 Å². The maximum atomic E-state index is 10.3. The Morgan fingerprint density at radius 3 is 2.62 bits per heavy atom. The summed E-state index contributed by atoms with van der Waals surface area (Å²) in [5.41, 5.74) is 4.76. The van der Waals surface area contributed by atoms with Crippen molar-refractivity contribution in [2.45, 2.75) is 6.10 Å². The van der Waals surface area contributed by atoms with E-state index in [9.17, 15) is 9.59 Å². The number of rotatable bonds is 6. The zero-order valence-corrected chi connectivity index (χ0v) is 6.93. The van der Waals surface area contributed by atoms with Crippen LogP contribution in [0.1, 0.15) is 0 Å². The number of aliphatic hydroxyl groups is 1. The number of aliphatic carboxylic acids is 1. The van der Waals surface area contributed by atoms with Gasteiger partial charge in [0.15, 0.2) is 0 Å². The molecule has 0 heterocycles. The molecule has 74 valence electrons. The summed E-state index contributed by atoms with van der Waals surface area (Å²) in [4.78, 5) is 20.3. The normalized spacial score (nSPS) is 13.0. The molecule has 0 saturated heterocycles. The first kappa shape index (κ1) is 11.6. The minimum Gasteiger partial charge on any atom is -0.478 e. The fraction of sp³-hybridized carbons (Fsp3) is 0.429. The van der Waals surface area contributed by atoms with Gasteiger partial charge in [0, 0.05) is 19.2 Å². The third-order valence-electron chi connectivity index (χ3n) is 1.19. The van der Waals surface area contributed by atoms with Crippen molar-refractivity contribution in [3.8, 4) is 0 Å². The molecule has 0 aromatic heterocycles. The van der Waals surface area contributed by atoms with Crippen LogP contribution in [-0.2, 0) is 9.59 Å². The molecule has 1 amide bonds. The van der Waals surface area contributed by atoms with Crippen molar-refractivity contribution in [1.82, 2.24) is 5.32 Å². The highest BCUT2D eigenvalue weighted by molar-refractivity contribution is 5.79. The Labute approximate surface area is 75.0 Å². The molecule has 0 fully saturated rings. The van der Waals surface area contributed by atoms with Gasteiger partial charge in [-0.2, -0.15) is 0 Å². The van der Waals surface area contributed by atoms with Crippen LogP contribution in [0.4, 0.5) is 0 Å². The van der Waals surface area contributed by atoms with E-state index >= 15 is 0 Å². The predicted octanol–water partition coefficient (Wildman–Crippen LogP) is -1.94. The lowest BCUT2D eigenvalue weighted by atomic mass is 10.3. The van der Waals surface area contributed by atoms with E-state index in [4.69, 9.17) is 15.9 Å². The maximum Gasteiger partial charge on any atom is 0.328 e. The first-order chi connectivity index (χ1) is 6.04. The monoisotopic (exact) mass is 188 g/mol. The highest BCUT2D eigenvalue weighted by atomic mass is 16.4. The highest BCUT2D eigenvalue weighted by Crippen LogP contribution is 1.77. The van der Waals surface area contributed by atoms with Gasteiger partial charge in [0.05, 0.1) is 0 Å². The van der Waals surface area contributed by atoms with Crippen molar-refractivity contribution >= 4 is 11.9 Å². The van der Waals surface area contributed by atoms with Gasteiger partial charge in [-0.1, -0.05) is 6.08 Å². The molecule has 0 aromatic carbocycles. The molecule has 5 N–H and O–H groups in total. The van der Waals surface area contributed by atoms with Crippen LogP contribution in [0.25, 0.3) is 0 Å². The summed E-state index contributed by atoms with van der Waals surface area (Å²) >= 11 is 0. The zero-order chi connectivity index (χ0) is 10.3. The van der Waals surface area contributed by atoms with E-state index in [0.717, 1.165) is 6.08 Å². The fourth-order valence-electron chi connectivity index (χ4n) is 0.564. The third-order valence-corrected chi connectivity index (χ3v) is 1.19. The smallest absolute Gasteiger partial charge is 0.328 e. The average Bonchev–Trinajstić information content (AvgIpc) is 2.02. The Hall–Kier alpha value is -1.40. The van der Waals surface area contributed by atoms with Crippen LogP contribution in [0, 0.1) is 0 Å². The summed E-state index contributed by atoms with van der Waals surface area (Å²) in [5, 5.41) is 19.7. The number of nitrogens with one attached hydrogen (secondary N) is 1. The van der Waals surface area contributed by atoms with Gasteiger partial charge < -0.3 is 21.3 Å². The van der Waals surface area contributed by atoms with E-state index in [1.54, 1.807) is 0 Å². The Morgan fingerprint density at radius 1 is 1.54 bits per heavy atom. The number of primary amides is 1. The SMILES string of the molecule is NC(=O)C(O)CNC/C=C/C(=O)O. The number of aliphatic hydroxyl groups excluding tert-OH is 1. The largest absolute Gasteiger partial charge is 0.478 e. The summed E-state index contributed by atoms with van der Waals surface area (Å²) in [6, 6.07) is 0. The first-order valence-corrected chi connectivity index (χ1v) is 3.61. The topological polar surface area (TPSA) is 113 Å². The molecule has 0 aliphatic heterocycles. The van der Waals surface area contributed by atoms with Crippen molar-refractivity contribution in [1.29, 1.82) is 0 Å². The van der Waals surface area contributed by atoms with Gasteiger partial charge in [0.2, 0.25) is 5.91 Å². The minimum absolute atomic E-state index is 0.0132. The molecule has 0 saturated carbocycles. The van der Waals surface area contributed by atoms with Crippen LogP contribution < -0.4 is 11.1 Å². The minimum atomic E-state index is -1.24. The van der Waals surface area contributed by atoms with Crippen LogP contribution in [-0.4, -0.2) is 41.3 Å². The number of carboxylic acids is 1. The lowest BCUT2D eigenvalue weighted by Crippen LogP contribution is -2.37. The molecule has 1 unspecified atom stereocenters. The maximum absolute atomic E-state index is 10.3. The second-order valence-electron chi connectivity index (χ2n) is 2.32. The lowest BCUT2D eigenvalue weighted by Gasteiger charge is -2.05. The standard InChI is InChI=1S/C7H12N2O4/c8-7(13)5(10)4-9-3-1-2-6(11)12/h1-2,5,9-10H,3-4H2,(H2,8,13)(H,11,12)/b2-1+. The van der Waals surface area contributed by atoms with E-state index in [0.29, 0.717) is 0 Å². The summed E-state index contributed by atoms with van der Waals surface area (Å²) in [6.45, 7) is 0.274. The summed E-state index contributed by atoms with van der Waals surface area (Å²) in [6.07, 6.45) is 1.08. The Morgan fingerprint density at radius 2 is 2.15 bits per heavy atom. The van der Waals surface area contributed by atoms with Crippen molar-refractivity contribution in [2.75, 3.05) is 13.1 Å². The first-order valence-electron chi connectivity index (χ1n) is 3.61. The number of hydrogen-bond acceptors (Lipinski definition) is 4. The quantitative estimate of drug-likeness (QED) is 0.286. The fourth-order valence-corrected chi connectivity index (χ4v) is 0.564. The van der Waals surface area contributed by atoms with Gasteiger partial charge in [-0.3, -0.25) is 4.79 Å². The van der Waals surface area contributed by atoms with E-state index in [1.807, 2.05) is 0 Å². The molecule has 6 heteroatoms. The Kier molecular flexibility index (Phi) is 5.49. The van der Waals surface area contributed by atoms with Gasteiger partial charge in [0.1, 0.15) is 6.10 Å². The molecular weight excluding hydrogens is 176 g/mol. The molecule has 13 heavy (non-hydrogen) atoms. The van der Waals surface area contributed by atoms with Crippen LogP contribution in [0.2, 0.25) is 0 Å². The lowest BCUT2D eigenvalue weighted by molar-refractivity contribution is -0.131. The third kappa shape index (κ3) is 6.98. The second-order valence-corrected chi connectivity index (χ2v) is 2.32. The van der Waals surface area contributed by atoms with Crippen LogP contribution in [0.3, 0.4) is 0 Å². The predicted molar refractivity (Wildman–Crippen MR) is 44.8 cm³/mol. The Balaban J connectivity index is 3.46. The van der Waals surface area contributed by atoms with Gasteiger partial charge in [-0.25, -0.2) is 4.79 Å². The van der Waals surface area contributed by atoms with E-state index in [1.165, 1.54) is 6.08 Å². The highest BCUT2D eigenvalue weighted by Gasteiger charge is 2.08. The molecule has 0 radical (unpaired) electrons. The average molecular weight is 188 g/mol. The van der Waals surface area contributed by atoms with E-state index in [-0.39, 0.29) is 13.1 Å². The van der Waals surface area contributed by atoms with E-state index < -0.39 is 18.0 Å². The Bertz CT molecular complexity index is 215. The number of hydrogen-bond donors (Lipinski definition) is 4. The van der Waals surface area contributed by atoms with Gasteiger partial charge in [-0.15, -0.1) is 0 Å². The van der Waals surface area contributed by atoms with Crippen molar-refractivity contribution in [3.63, 3.8) is 0 Å².